The Morgan fingerprint density at radius 3 is 2.53 bits per heavy atom. The normalized spacial score (nSPS) is 12.8. The maximum absolute atomic E-state index is 5.32. The summed E-state index contributed by atoms with van der Waals surface area (Å²) in [6, 6.07) is 20.9. The molecule has 0 saturated carbocycles. The lowest BCUT2D eigenvalue weighted by molar-refractivity contribution is 0.198. The summed E-state index contributed by atoms with van der Waals surface area (Å²) in [5.74, 6) is 2.75. The molecule has 2 aromatic carbocycles. The van der Waals surface area contributed by atoms with Gasteiger partial charge in [0.2, 0.25) is 0 Å². The van der Waals surface area contributed by atoms with Gasteiger partial charge in [0.15, 0.2) is 0 Å². The molecule has 0 saturated heterocycles. The summed E-state index contributed by atoms with van der Waals surface area (Å²) in [6.07, 6.45) is 1.83. The summed E-state index contributed by atoms with van der Waals surface area (Å²) in [7, 11) is 3.43. The van der Waals surface area contributed by atoms with Gasteiger partial charge in [-0.15, -0.1) is 0 Å². The SMILES string of the molecule is COCCCNc1cc2c3c(nn2Cc2ccccc2)CCN(Cc2ccc(OC)cc2)c3n1. The van der Waals surface area contributed by atoms with Crippen LogP contribution < -0.4 is 15.0 Å². The first kappa shape index (κ1) is 22.2. The van der Waals surface area contributed by atoms with Gasteiger partial charge in [-0.25, -0.2) is 4.98 Å². The van der Waals surface area contributed by atoms with E-state index in [0.29, 0.717) is 0 Å². The fourth-order valence-corrected chi connectivity index (χ4v) is 4.50. The highest BCUT2D eigenvalue weighted by Gasteiger charge is 2.26. The van der Waals surface area contributed by atoms with Gasteiger partial charge in [-0.2, -0.15) is 5.10 Å². The lowest BCUT2D eigenvalue weighted by atomic mass is 10.1. The summed E-state index contributed by atoms with van der Waals surface area (Å²) in [5.41, 5.74) is 4.72. The van der Waals surface area contributed by atoms with Gasteiger partial charge in [0.25, 0.3) is 0 Å². The van der Waals surface area contributed by atoms with Gasteiger partial charge < -0.3 is 19.7 Å². The number of methoxy groups -OCH3 is 2. The van der Waals surface area contributed by atoms with Crippen molar-refractivity contribution >= 4 is 22.5 Å². The van der Waals surface area contributed by atoms with Crippen molar-refractivity contribution in [3.63, 3.8) is 0 Å². The summed E-state index contributed by atoms with van der Waals surface area (Å²) in [5, 5.41) is 9.68. The highest BCUT2D eigenvalue weighted by molar-refractivity contribution is 5.95. The maximum atomic E-state index is 5.32. The molecule has 1 aliphatic heterocycles. The molecule has 0 unspecified atom stereocenters. The highest BCUT2D eigenvalue weighted by atomic mass is 16.5. The Bertz CT molecular complexity index is 1240. The fourth-order valence-electron chi connectivity index (χ4n) is 4.50. The van der Waals surface area contributed by atoms with E-state index in [1.165, 1.54) is 11.1 Å². The van der Waals surface area contributed by atoms with Gasteiger partial charge in [0, 0.05) is 45.8 Å². The largest absolute Gasteiger partial charge is 0.497 e. The molecule has 0 bridgehead atoms. The number of hydrogen-bond donors (Lipinski definition) is 1. The zero-order chi connectivity index (χ0) is 23.3. The molecule has 1 aliphatic rings. The van der Waals surface area contributed by atoms with E-state index in [4.69, 9.17) is 19.6 Å². The predicted octanol–water partition coefficient (Wildman–Crippen LogP) is 4.50. The van der Waals surface area contributed by atoms with Crippen LogP contribution in [0.5, 0.6) is 5.75 Å². The van der Waals surface area contributed by atoms with Crippen molar-refractivity contribution in [1.29, 1.82) is 0 Å². The van der Waals surface area contributed by atoms with Crippen molar-refractivity contribution in [2.45, 2.75) is 25.9 Å². The Labute approximate surface area is 200 Å². The van der Waals surface area contributed by atoms with Crippen molar-refractivity contribution in [3.05, 3.63) is 77.5 Å². The van der Waals surface area contributed by atoms with Crippen LogP contribution in [0.4, 0.5) is 11.6 Å². The second-order valence-corrected chi connectivity index (χ2v) is 8.61. The number of hydrogen-bond acceptors (Lipinski definition) is 6. The topological polar surface area (TPSA) is 64.4 Å². The molecule has 4 aromatic rings. The molecular weight excluding hydrogens is 426 g/mol. The van der Waals surface area contributed by atoms with Crippen molar-refractivity contribution in [2.24, 2.45) is 0 Å². The van der Waals surface area contributed by atoms with E-state index in [2.05, 4.69) is 57.4 Å². The summed E-state index contributed by atoms with van der Waals surface area (Å²) >= 11 is 0. The molecule has 34 heavy (non-hydrogen) atoms. The van der Waals surface area contributed by atoms with Gasteiger partial charge in [0.1, 0.15) is 17.4 Å². The molecule has 2 aromatic heterocycles. The fraction of sp³-hybridized carbons (Fsp3) is 0.333. The molecule has 7 heteroatoms. The van der Waals surface area contributed by atoms with Gasteiger partial charge in [-0.3, -0.25) is 4.68 Å². The van der Waals surface area contributed by atoms with Gasteiger partial charge in [0.05, 0.1) is 30.3 Å². The number of benzene rings is 2. The average molecular weight is 458 g/mol. The van der Waals surface area contributed by atoms with Crippen LogP contribution in [-0.4, -0.2) is 48.7 Å². The van der Waals surface area contributed by atoms with Crippen LogP contribution >= 0.6 is 0 Å². The Kier molecular flexibility index (Phi) is 6.62. The number of anilines is 2. The highest BCUT2D eigenvalue weighted by Crippen LogP contribution is 2.35. The summed E-state index contributed by atoms with van der Waals surface area (Å²) < 4.78 is 12.6. The molecule has 1 N–H and O–H groups in total. The minimum Gasteiger partial charge on any atom is -0.497 e. The van der Waals surface area contributed by atoms with Crippen molar-refractivity contribution in [3.8, 4) is 5.75 Å². The predicted molar refractivity (Wildman–Crippen MR) is 136 cm³/mol. The zero-order valence-corrected chi connectivity index (χ0v) is 19.8. The molecule has 0 aliphatic carbocycles. The van der Waals surface area contributed by atoms with E-state index in [9.17, 15) is 0 Å². The third-order valence-corrected chi connectivity index (χ3v) is 6.24. The first-order chi connectivity index (χ1) is 16.7. The number of nitrogens with zero attached hydrogens (tertiary/aromatic N) is 4. The van der Waals surface area contributed by atoms with Crippen LogP contribution in [0, 0.1) is 0 Å². The van der Waals surface area contributed by atoms with Crippen molar-refractivity contribution in [2.75, 3.05) is 44.1 Å². The third-order valence-electron chi connectivity index (χ3n) is 6.24. The third kappa shape index (κ3) is 4.70. The number of nitrogens with one attached hydrogen (secondary N) is 1. The van der Waals surface area contributed by atoms with Crippen molar-refractivity contribution < 1.29 is 9.47 Å². The zero-order valence-electron chi connectivity index (χ0n) is 19.8. The van der Waals surface area contributed by atoms with E-state index in [1.807, 2.05) is 18.2 Å². The Morgan fingerprint density at radius 1 is 0.971 bits per heavy atom. The van der Waals surface area contributed by atoms with Gasteiger partial charge in [-0.05, 0) is 29.7 Å². The molecule has 0 fully saturated rings. The van der Waals surface area contributed by atoms with E-state index in [-0.39, 0.29) is 0 Å². The van der Waals surface area contributed by atoms with Crippen LogP contribution in [0.2, 0.25) is 0 Å². The van der Waals surface area contributed by atoms with E-state index in [0.717, 1.165) is 79.6 Å². The molecule has 7 nitrogen and oxygen atoms in total. The minimum atomic E-state index is 0.724. The Hall–Kier alpha value is -3.58. The molecular formula is C27H31N5O2. The quantitative estimate of drug-likeness (QED) is 0.354. The minimum absolute atomic E-state index is 0.724. The maximum Gasteiger partial charge on any atom is 0.142 e. The number of aromatic nitrogens is 3. The lowest BCUT2D eigenvalue weighted by Crippen LogP contribution is -2.29. The molecule has 0 atom stereocenters. The first-order valence-corrected chi connectivity index (χ1v) is 11.8. The molecule has 0 amide bonds. The van der Waals surface area contributed by atoms with Crippen LogP contribution in [0.1, 0.15) is 23.2 Å². The molecule has 0 radical (unpaired) electrons. The van der Waals surface area contributed by atoms with Gasteiger partial charge in [-0.1, -0.05) is 42.5 Å². The van der Waals surface area contributed by atoms with Gasteiger partial charge >= 0.3 is 0 Å². The van der Waals surface area contributed by atoms with E-state index < -0.39 is 0 Å². The molecule has 176 valence electrons. The lowest BCUT2D eigenvalue weighted by Gasteiger charge is -2.28. The summed E-state index contributed by atoms with van der Waals surface area (Å²) in [4.78, 5) is 7.42. The van der Waals surface area contributed by atoms with Crippen LogP contribution in [0.15, 0.2) is 60.7 Å². The number of rotatable bonds is 10. The average Bonchev–Trinajstić information content (AvgIpc) is 3.22. The van der Waals surface area contributed by atoms with E-state index >= 15 is 0 Å². The first-order valence-electron chi connectivity index (χ1n) is 11.8. The Balaban J connectivity index is 1.50. The molecule has 5 rings (SSSR count). The summed E-state index contributed by atoms with van der Waals surface area (Å²) in [6.45, 7) is 3.95. The van der Waals surface area contributed by atoms with Crippen LogP contribution in [0.25, 0.3) is 10.9 Å². The Morgan fingerprint density at radius 2 is 1.76 bits per heavy atom. The van der Waals surface area contributed by atoms with Crippen LogP contribution in [-0.2, 0) is 24.2 Å². The second-order valence-electron chi connectivity index (χ2n) is 8.61. The second kappa shape index (κ2) is 10.1. The number of ether oxygens (including phenoxy) is 2. The smallest absolute Gasteiger partial charge is 0.142 e. The van der Waals surface area contributed by atoms with Crippen LogP contribution in [0.3, 0.4) is 0 Å². The monoisotopic (exact) mass is 457 g/mol. The number of pyridine rings is 1. The van der Waals surface area contributed by atoms with E-state index in [1.54, 1.807) is 14.2 Å². The standard InChI is InChI=1S/C27H31N5O2/c1-33-16-6-14-28-25-17-24-26-23(30-32(24)19-20-7-4-3-5-8-20)13-15-31(27(26)29-25)18-21-9-11-22(34-2)12-10-21/h3-5,7-12,17H,6,13-16,18-19H2,1-2H3,(H,28,29). The molecule has 3 heterocycles. The molecule has 0 spiro atoms. The van der Waals surface area contributed by atoms with Crippen molar-refractivity contribution in [1.82, 2.24) is 14.8 Å².